The molecule has 0 spiro atoms. The predicted octanol–water partition coefficient (Wildman–Crippen LogP) is 3.88. The summed E-state index contributed by atoms with van der Waals surface area (Å²) in [5.74, 6) is -0.352. The van der Waals surface area contributed by atoms with Crippen LogP contribution in [0.1, 0.15) is 57.9 Å². The van der Waals surface area contributed by atoms with Crippen LogP contribution in [0.2, 0.25) is 0 Å². The zero-order chi connectivity index (χ0) is 17.9. The molecule has 5 heteroatoms. The molecule has 0 aliphatic heterocycles. The number of carboxylic acid groups (broad SMARTS) is 1. The molecular formula is C18H31NO4. The molecule has 0 saturated carbocycles. The first-order valence-electron chi connectivity index (χ1n) is 8.21. The molecule has 0 atom stereocenters. The van der Waals surface area contributed by atoms with Gasteiger partial charge in [0.1, 0.15) is 5.75 Å². The van der Waals surface area contributed by atoms with Crippen molar-refractivity contribution in [2.24, 2.45) is 0 Å². The fraction of sp³-hybridized carbons (Fsp3) is 0.556. The number of hydrogen-bond acceptors (Lipinski definition) is 3. The molecule has 0 aromatic heterocycles. The van der Waals surface area contributed by atoms with Crippen LogP contribution in [0.5, 0.6) is 5.75 Å². The number of carboxylic acids is 1. The van der Waals surface area contributed by atoms with Gasteiger partial charge in [0.15, 0.2) is 0 Å². The van der Waals surface area contributed by atoms with Crippen LogP contribution < -0.4 is 5.32 Å². The van der Waals surface area contributed by atoms with Crippen molar-refractivity contribution in [2.45, 2.75) is 59.3 Å². The first-order chi connectivity index (χ1) is 11.1. The summed E-state index contributed by atoms with van der Waals surface area (Å²) in [6.45, 7) is 6.60. The van der Waals surface area contributed by atoms with Gasteiger partial charge >= 0.3 is 5.97 Å². The lowest BCUT2D eigenvalue weighted by molar-refractivity contribution is -0.137. The van der Waals surface area contributed by atoms with E-state index in [1.807, 2.05) is 39.0 Å². The highest BCUT2D eigenvalue weighted by atomic mass is 16.4. The molecule has 3 N–H and O–H groups in total. The summed E-state index contributed by atoms with van der Waals surface area (Å²) in [5, 5.41) is 19.8. The maximum absolute atomic E-state index is 10.1. The van der Waals surface area contributed by atoms with Gasteiger partial charge in [-0.3, -0.25) is 9.59 Å². The highest BCUT2D eigenvalue weighted by Gasteiger charge is 1.95. The van der Waals surface area contributed by atoms with Gasteiger partial charge in [-0.15, -0.1) is 0 Å². The Morgan fingerprint density at radius 3 is 2.13 bits per heavy atom. The maximum Gasteiger partial charge on any atom is 0.303 e. The second kappa shape index (κ2) is 18.0. The van der Waals surface area contributed by atoms with Gasteiger partial charge in [-0.2, -0.15) is 0 Å². The lowest BCUT2D eigenvalue weighted by Gasteiger charge is -1.99. The molecule has 0 unspecified atom stereocenters. The summed E-state index contributed by atoms with van der Waals surface area (Å²) in [6.07, 6.45) is 5.78. The fourth-order valence-corrected chi connectivity index (χ4v) is 1.66. The van der Waals surface area contributed by atoms with Crippen LogP contribution in [0.4, 0.5) is 0 Å². The smallest absolute Gasteiger partial charge is 0.303 e. The molecule has 1 amide bonds. The van der Waals surface area contributed by atoms with Gasteiger partial charge in [0.2, 0.25) is 6.41 Å². The van der Waals surface area contributed by atoms with Crippen molar-refractivity contribution in [3.63, 3.8) is 0 Å². The number of nitrogens with one attached hydrogen (secondary N) is 1. The van der Waals surface area contributed by atoms with Crippen molar-refractivity contribution in [2.75, 3.05) is 6.54 Å². The van der Waals surface area contributed by atoms with Gasteiger partial charge in [0, 0.05) is 13.0 Å². The van der Waals surface area contributed by atoms with Crippen molar-refractivity contribution in [1.29, 1.82) is 0 Å². The number of aromatic hydroxyl groups is 1. The molecule has 0 fully saturated rings. The number of hydrogen-bond donors (Lipinski definition) is 3. The van der Waals surface area contributed by atoms with E-state index in [1.54, 1.807) is 6.07 Å². The molecular weight excluding hydrogens is 294 g/mol. The minimum atomic E-state index is -0.720. The highest BCUT2D eigenvalue weighted by Crippen LogP contribution is 2.12. The van der Waals surface area contributed by atoms with E-state index in [4.69, 9.17) is 10.2 Å². The Kier molecular flexibility index (Phi) is 18.2. The van der Waals surface area contributed by atoms with Gasteiger partial charge in [0.25, 0.3) is 0 Å². The Morgan fingerprint density at radius 2 is 1.65 bits per heavy atom. The SMILES string of the molecule is CC.Cc1ccccc1O.O=CNCCCCCCCC(=O)O. The summed E-state index contributed by atoms with van der Waals surface area (Å²) in [5.41, 5.74) is 0.924. The first kappa shape index (κ1) is 23.2. The third-order valence-electron chi connectivity index (χ3n) is 2.91. The number of phenols is 1. The number of carbonyl (C=O) groups is 2. The summed E-state index contributed by atoms with van der Waals surface area (Å²) in [6, 6.07) is 7.25. The first-order valence-corrected chi connectivity index (χ1v) is 8.21. The average Bonchev–Trinajstić information content (AvgIpc) is 2.55. The van der Waals surface area contributed by atoms with Crippen LogP contribution in [0.3, 0.4) is 0 Å². The minimum Gasteiger partial charge on any atom is -0.508 e. The van der Waals surface area contributed by atoms with E-state index >= 15 is 0 Å². The second-order valence-electron chi connectivity index (χ2n) is 4.77. The predicted molar refractivity (Wildman–Crippen MR) is 93.6 cm³/mol. The lowest BCUT2D eigenvalue weighted by atomic mass is 10.1. The lowest BCUT2D eigenvalue weighted by Crippen LogP contribution is -2.11. The third-order valence-corrected chi connectivity index (χ3v) is 2.91. The number of para-hydroxylation sites is 1. The number of carbonyl (C=O) groups excluding carboxylic acids is 1. The van der Waals surface area contributed by atoms with Gasteiger partial charge in [-0.25, -0.2) is 0 Å². The fourth-order valence-electron chi connectivity index (χ4n) is 1.66. The Morgan fingerprint density at radius 1 is 1.09 bits per heavy atom. The normalized spacial score (nSPS) is 8.83. The van der Waals surface area contributed by atoms with Gasteiger partial charge in [0.05, 0.1) is 0 Å². The molecule has 1 aromatic carbocycles. The average molecular weight is 325 g/mol. The molecule has 1 aromatic rings. The van der Waals surface area contributed by atoms with Crippen LogP contribution in [-0.4, -0.2) is 29.1 Å². The zero-order valence-electron chi connectivity index (χ0n) is 14.5. The Balaban J connectivity index is 0. The number of rotatable bonds is 9. The molecule has 5 nitrogen and oxygen atoms in total. The Hall–Kier alpha value is -2.04. The van der Waals surface area contributed by atoms with Crippen LogP contribution >= 0.6 is 0 Å². The molecule has 0 aliphatic rings. The third kappa shape index (κ3) is 17.9. The number of phenolic OH excluding ortho intramolecular Hbond substituents is 1. The van der Waals surface area contributed by atoms with E-state index in [-0.39, 0.29) is 6.42 Å². The van der Waals surface area contributed by atoms with Crippen LogP contribution in [0.25, 0.3) is 0 Å². The van der Waals surface area contributed by atoms with Gasteiger partial charge in [-0.05, 0) is 31.4 Å². The van der Waals surface area contributed by atoms with E-state index in [0.717, 1.165) is 44.2 Å². The monoisotopic (exact) mass is 325 g/mol. The zero-order valence-corrected chi connectivity index (χ0v) is 14.5. The second-order valence-corrected chi connectivity index (χ2v) is 4.77. The molecule has 132 valence electrons. The Bertz CT molecular complexity index is 387. The molecule has 0 aliphatic carbocycles. The van der Waals surface area contributed by atoms with E-state index in [2.05, 4.69) is 5.32 Å². The molecule has 0 radical (unpaired) electrons. The van der Waals surface area contributed by atoms with E-state index < -0.39 is 5.97 Å². The molecule has 1 rings (SSSR count). The van der Waals surface area contributed by atoms with Crippen LogP contribution in [0, 0.1) is 6.92 Å². The van der Waals surface area contributed by atoms with Gasteiger partial charge in [-0.1, -0.05) is 51.3 Å². The number of unbranched alkanes of at least 4 members (excludes halogenated alkanes) is 4. The molecule has 0 heterocycles. The standard InChI is InChI=1S/C9H17NO3.C7H8O.C2H6/c11-8-10-7-5-3-1-2-4-6-9(12)13;1-6-4-2-3-5-7(6)8;1-2/h8H,1-7H2,(H,10,11)(H,12,13);2-5,8H,1H3;1-2H3. The number of aliphatic carboxylic acids is 1. The van der Waals surface area contributed by atoms with Crippen LogP contribution in [-0.2, 0) is 9.59 Å². The van der Waals surface area contributed by atoms with E-state index in [9.17, 15) is 9.59 Å². The number of benzene rings is 1. The van der Waals surface area contributed by atoms with E-state index in [0.29, 0.717) is 12.2 Å². The van der Waals surface area contributed by atoms with Crippen molar-refractivity contribution < 1.29 is 19.8 Å². The van der Waals surface area contributed by atoms with E-state index in [1.165, 1.54) is 0 Å². The van der Waals surface area contributed by atoms with Crippen molar-refractivity contribution in [1.82, 2.24) is 5.32 Å². The van der Waals surface area contributed by atoms with Gasteiger partial charge < -0.3 is 15.5 Å². The minimum absolute atomic E-state index is 0.270. The summed E-state index contributed by atoms with van der Waals surface area (Å²) >= 11 is 0. The van der Waals surface area contributed by atoms with Crippen molar-refractivity contribution in [3.05, 3.63) is 29.8 Å². The molecule has 0 bridgehead atoms. The highest BCUT2D eigenvalue weighted by molar-refractivity contribution is 5.66. The van der Waals surface area contributed by atoms with Crippen LogP contribution in [0.15, 0.2) is 24.3 Å². The maximum atomic E-state index is 10.1. The summed E-state index contributed by atoms with van der Waals surface area (Å²) < 4.78 is 0. The summed E-state index contributed by atoms with van der Waals surface area (Å²) in [4.78, 5) is 20.0. The molecule has 23 heavy (non-hydrogen) atoms. The Labute approximate surface area is 139 Å². The topological polar surface area (TPSA) is 86.6 Å². The van der Waals surface area contributed by atoms with Crippen molar-refractivity contribution in [3.8, 4) is 5.75 Å². The molecule has 0 saturated heterocycles. The summed E-state index contributed by atoms with van der Waals surface area (Å²) in [7, 11) is 0. The van der Waals surface area contributed by atoms with Crippen molar-refractivity contribution >= 4 is 12.4 Å². The largest absolute Gasteiger partial charge is 0.508 e. The number of amides is 1. The number of aryl methyl sites for hydroxylation is 1. The quantitative estimate of drug-likeness (QED) is 0.475.